The predicted molar refractivity (Wildman–Crippen MR) is 111 cm³/mol. The number of fused-ring (bicyclic) bond motifs is 1. The van der Waals surface area contributed by atoms with Gasteiger partial charge in [-0.15, -0.1) is 11.8 Å². The molecule has 2 aromatic rings. The summed E-state index contributed by atoms with van der Waals surface area (Å²) in [6, 6.07) is 14.0. The number of halogens is 1. The molecule has 0 spiro atoms. The normalized spacial score (nSPS) is 17.2. The second-order valence-corrected chi connectivity index (χ2v) is 8.14. The Hall–Kier alpha value is -2.34. The van der Waals surface area contributed by atoms with E-state index in [0.29, 0.717) is 12.1 Å². The summed E-state index contributed by atoms with van der Waals surface area (Å²) in [6.07, 6.45) is 1.90. The van der Waals surface area contributed by atoms with E-state index in [1.807, 2.05) is 24.3 Å². The molecule has 1 N–H and O–H groups in total. The Morgan fingerprint density at radius 2 is 1.93 bits per heavy atom. The minimum Gasteiger partial charge on any atom is -0.356 e. The van der Waals surface area contributed by atoms with Crippen molar-refractivity contribution in [1.82, 2.24) is 5.32 Å². The van der Waals surface area contributed by atoms with Gasteiger partial charge in [0.1, 0.15) is 11.1 Å². The first-order valence-electron chi connectivity index (χ1n) is 9.61. The number of nitrogens with zero attached hydrogens (tertiary/aromatic N) is 1. The minimum absolute atomic E-state index is 0.121. The highest BCUT2D eigenvalue weighted by atomic mass is 32.2. The summed E-state index contributed by atoms with van der Waals surface area (Å²) in [5, 5.41) is 2.38. The van der Waals surface area contributed by atoms with E-state index in [9.17, 15) is 14.0 Å². The third-order valence-corrected chi connectivity index (χ3v) is 6.37. The molecule has 4 nitrogen and oxygen atoms in total. The van der Waals surface area contributed by atoms with Gasteiger partial charge in [0.05, 0.1) is 18.2 Å². The molecule has 0 aromatic heterocycles. The van der Waals surface area contributed by atoms with Crippen LogP contribution < -0.4 is 10.2 Å². The number of carbonyl (C=O) groups is 2. The van der Waals surface area contributed by atoms with Crippen molar-refractivity contribution in [2.75, 3.05) is 11.4 Å². The molecule has 0 saturated heterocycles. The molecule has 1 aliphatic rings. The summed E-state index contributed by atoms with van der Waals surface area (Å²) in [5.74, 6) is -1.10. The monoisotopic (exact) mass is 400 g/mol. The third-order valence-electron chi connectivity index (χ3n) is 4.90. The van der Waals surface area contributed by atoms with Gasteiger partial charge in [-0.2, -0.15) is 0 Å². The van der Waals surface area contributed by atoms with Crippen molar-refractivity contribution >= 4 is 29.3 Å². The number of anilines is 1. The molecule has 0 aliphatic carbocycles. The zero-order chi connectivity index (χ0) is 20.1. The second-order valence-electron chi connectivity index (χ2n) is 6.96. The van der Waals surface area contributed by atoms with Crippen LogP contribution in [0.3, 0.4) is 0 Å². The first kappa shape index (κ1) is 20.4. The van der Waals surface area contributed by atoms with E-state index < -0.39 is 11.2 Å². The van der Waals surface area contributed by atoms with Crippen LogP contribution in [-0.2, 0) is 16.1 Å². The lowest BCUT2D eigenvalue weighted by atomic mass is 10.0. The smallest absolute Gasteiger partial charge is 0.241 e. The van der Waals surface area contributed by atoms with Crippen molar-refractivity contribution in [3.63, 3.8) is 0 Å². The predicted octanol–water partition coefficient (Wildman–Crippen LogP) is 4.39. The summed E-state index contributed by atoms with van der Waals surface area (Å²) in [5.41, 5.74) is 1.21. The van der Waals surface area contributed by atoms with E-state index in [-0.39, 0.29) is 24.2 Å². The van der Waals surface area contributed by atoms with Gasteiger partial charge in [0.2, 0.25) is 11.8 Å². The molecule has 0 unspecified atom stereocenters. The van der Waals surface area contributed by atoms with Crippen LogP contribution in [0.5, 0.6) is 0 Å². The van der Waals surface area contributed by atoms with Gasteiger partial charge in [-0.3, -0.25) is 9.59 Å². The van der Waals surface area contributed by atoms with Crippen molar-refractivity contribution in [3.8, 4) is 0 Å². The van der Waals surface area contributed by atoms with Gasteiger partial charge in [0.15, 0.2) is 0 Å². The van der Waals surface area contributed by atoms with Crippen LogP contribution in [-0.4, -0.2) is 23.6 Å². The fourth-order valence-corrected chi connectivity index (χ4v) is 4.49. The van der Waals surface area contributed by atoms with E-state index in [2.05, 4.69) is 12.2 Å². The molecule has 0 saturated carbocycles. The molecule has 1 aliphatic heterocycles. The Kier molecular flexibility index (Phi) is 6.73. The number of carbonyl (C=O) groups excluding carboxylic acids is 2. The quantitative estimate of drug-likeness (QED) is 0.702. The van der Waals surface area contributed by atoms with Gasteiger partial charge in [-0.05, 0) is 24.6 Å². The maximum absolute atomic E-state index is 14.2. The van der Waals surface area contributed by atoms with Crippen molar-refractivity contribution in [3.05, 3.63) is 59.9 Å². The first-order chi connectivity index (χ1) is 13.5. The highest BCUT2D eigenvalue weighted by molar-refractivity contribution is 8.01. The highest BCUT2D eigenvalue weighted by Gasteiger charge is 2.39. The number of rotatable bonds is 7. The van der Waals surface area contributed by atoms with Gasteiger partial charge in [-0.25, -0.2) is 4.39 Å². The van der Waals surface area contributed by atoms with Crippen LogP contribution in [0.25, 0.3) is 0 Å². The van der Waals surface area contributed by atoms with Crippen molar-refractivity contribution in [2.45, 2.75) is 43.4 Å². The standard InChI is InChI=1S/C22H25FN2O2S/c1-3-4-13-24-21(26)15(2)20-22(27)25(14-16-9-5-6-10-17(16)23)18-11-7-8-12-19(18)28-20/h5-12,15,20H,3-4,13-14H2,1-2H3,(H,24,26)/t15-,20+/m0/s1. The zero-order valence-electron chi connectivity index (χ0n) is 16.2. The summed E-state index contributed by atoms with van der Waals surface area (Å²) < 4.78 is 14.2. The molecule has 6 heteroatoms. The van der Waals surface area contributed by atoms with Crippen LogP contribution in [0.2, 0.25) is 0 Å². The Morgan fingerprint density at radius 3 is 2.68 bits per heavy atom. The number of hydrogen-bond acceptors (Lipinski definition) is 3. The number of nitrogens with one attached hydrogen (secondary N) is 1. The molecule has 3 rings (SSSR count). The summed E-state index contributed by atoms with van der Waals surface area (Å²) in [4.78, 5) is 28.4. The topological polar surface area (TPSA) is 49.4 Å². The van der Waals surface area contributed by atoms with Crippen LogP contribution in [0.15, 0.2) is 53.4 Å². The molecule has 1 heterocycles. The first-order valence-corrected chi connectivity index (χ1v) is 10.5. The van der Waals surface area contributed by atoms with Crippen LogP contribution in [0, 0.1) is 11.7 Å². The van der Waals surface area contributed by atoms with Gasteiger partial charge in [0, 0.05) is 17.0 Å². The SMILES string of the molecule is CCCCNC(=O)[C@@H](C)[C@H]1Sc2ccccc2N(Cc2ccccc2F)C1=O. The number of amides is 2. The molecule has 148 valence electrons. The number of thioether (sulfide) groups is 1. The average molecular weight is 401 g/mol. The number of hydrogen-bond donors (Lipinski definition) is 1. The molecular weight excluding hydrogens is 375 g/mol. The molecule has 0 bridgehead atoms. The molecule has 28 heavy (non-hydrogen) atoms. The number of para-hydroxylation sites is 1. The zero-order valence-corrected chi connectivity index (χ0v) is 17.0. The van der Waals surface area contributed by atoms with Gasteiger partial charge in [-0.1, -0.05) is 50.6 Å². The van der Waals surface area contributed by atoms with Crippen molar-refractivity contribution in [2.24, 2.45) is 5.92 Å². The lowest BCUT2D eigenvalue weighted by Crippen LogP contribution is -2.47. The molecule has 2 aromatic carbocycles. The molecule has 0 radical (unpaired) electrons. The molecule has 2 atom stereocenters. The van der Waals surface area contributed by atoms with E-state index >= 15 is 0 Å². The highest BCUT2D eigenvalue weighted by Crippen LogP contribution is 2.42. The van der Waals surface area contributed by atoms with E-state index in [1.165, 1.54) is 17.8 Å². The van der Waals surface area contributed by atoms with E-state index in [4.69, 9.17) is 0 Å². The fraction of sp³-hybridized carbons (Fsp3) is 0.364. The second kappa shape index (κ2) is 9.24. The van der Waals surface area contributed by atoms with Crippen LogP contribution >= 0.6 is 11.8 Å². The third kappa shape index (κ3) is 4.38. The number of unbranched alkanes of at least 4 members (excludes halogenated alkanes) is 1. The van der Waals surface area contributed by atoms with Gasteiger partial charge < -0.3 is 10.2 Å². The maximum atomic E-state index is 14.2. The molecule has 2 amide bonds. The molecular formula is C22H25FN2O2S. The van der Waals surface area contributed by atoms with E-state index in [0.717, 1.165) is 23.4 Å². The summed E-state index contributed by atoms with van der Waals surface area (Å²) in [7, 11) is 0. The lowest BCUT2D eigenvalue weighted by molar-refractivity contribution is -0.128. The van der Waals surface area contributed by atoms with Gasteiger partial charge >= 0.3 is 0 Å². The minimum atomic E-state index is -0.539. The van der Waals surface area contributed by atoms with Crippen LogP contribution in [0.1, 0.15) is 32.3 Å². The molecule has 0 fully saturated rings. The number of benzene rings is 2. The average Bonchev–Trinajstić information content (AvgIpc) is 2.71. The largest absolute Gasteiger partial charge is 0.356 e. The Labute approximate surface area is 169 Å². The van der Waals surface area contributed by atoms with Crippen LogP contribution in [0.4, 0.5) is 10.1 Å². The lowest BCUT2D eigenvalue weighted by Gasteiger charge is -2.35. The fourth-order valence-electron chi connectivity index (χ4n) is 3.20. The Balaban J connectivity index is 1.86. The summed E-state index contributed by atoms with van der Waals surface area (Å²) in [6.45, 7) is 4.60. The van der Waals surface area contributed by atoms with Crippen molar-refractivity contribution < 1.29 is 14.0 Å². The summed E-state index contributed by atoms with van der Waals surface area (Å²) >= 11 is 1.41. The van der Waals surface area contributed by atoms with Crippen molar-refractivity contribution in [1.29, 1.82) is 0 Å². The van der Waals surface area contributed by atoms with E-state index in [1.54, 1.807) is 30.0 Å². The Bertz CT molecular complexity index is 858. The maximum Gasteiger partial charge on any atom is 0.241 e. The van der Waals surface area contributed by atoms with Gasteiger partial charge in [0.25, 0.3) is 0 Å². The Morgan fingerprint density at radius 1 is 1.21 bits per heavy atom.